The first-order valence-electron chi connectivity index (χ1n) is 9.18. The van der Waals surface area contributed by atoms with Gasteiger partial charge in [-0.15, -0.1) is 0 Å². The molecule has 2 N–H and O–H groups in total. The van der Waals surface area contributed by atoms with E-state index < -0.39 is 0 Å². The van der Waals surface area contributed by atoms with E-state index in [2.05, 4.69) is 20.8 Å². The van der Waals surface area contributed by atoms with Crippen LogP contribution in [-0.4, -0.2) is 24.7 Å². The third-order valence-electron chi connectivity index (χ3n) is 4.34. The molecule has 2 aromatic heterocycles. The first-order chi connectivity index (χ1) is 14.6. The highest BCUT2D eigenvalue weighted by Crippen LogP contribution is 2.18. The smallest absolute Gasteiger partial charge is 0.177 e. The maximum atomic E-state index is 6.21. The molecular weight excluding hydrogens is 439 g/mol. The Kier molecular flexibility index (Phi) is 6.32. The summed E-state index contributed by atoms with van der Waals surface area (Å²) in [6, 6.07) is 19.1. The van der Waals surface area contributed by atoms with Crippen LogP contribution >= 0.6 is 35.4 Å². The lowest BCUT2D eigenvalue weighted by atomic mass is 10.2. The Hall–Kier alpha value is -2.87. The van der Waals surface area contributed by atoms with Crippen molar-refractivity contribution in [1.29, 1.82) is 0 Å². The molecule has 0 aliphatic rings. The maximum Gasteiger partial charge on any atom is 0.177 e. The van der Waals surface area contributed by atoms with Crippen molar-refractivity contribution in [2.45, 2.75) is 13.1 Å². The highest BCUT2D eigenvalue weighted by Gasteiger charge is 2.07. The van der Waals surface area contributed by atoms with E-state index in [0.717, 1.165) is 11.1 Å². The van der Waals surface area contributed by atoms with Crippen LogP contribution in [0.4, 0.5) is 11.6 Å². The Balaban J connectivity index is 1.33. The van der Waals surface area contributed by atoms with Crippen molar-refractivity contribution in [3.05, 3.63) is 94.2 Å². The summed E-state index contributed by atoms with van der Waals surface area (Å²) in [6.07, 6.45) is 3.74. The van der Waals surface area contributed by atoms with E-state index in [1.54, 1.807) is 9.36 Å². The second kappa shape index (κ2) is 9.30. The molecule has 0 aliphatic heterocycles. The third kappa shape index (κ3) is 5.18. The number of anilines is 2. The summed E-state index contributed by atoms with van der Waals surface area (Å²) in [7, 11) is 0. The highest BCUT2D eigenvalue weighted by molar-refractivity contribution is 7.80. The van der Waals surface area contributed by atoms with Crippen LogP contribution in [0.25, 0.3) is 0 Å². The van der Waals surface area contributed by atoms with Gasteiger partial charge in [-0.2, -0.15) is 10.2 Å². The third-order valence-corrected chi connectivity index (χ3v) is 5.29. The molecule has 152 valence electrons. The van der Waals surface area contributed by atoms with E-state index in [4.69, 9.17) is 35.4 Å². The van der Waals surface area contributed by atoms with Gasteiger partial charge in [0.2, 0.25) is 0 Å². The molecule has 0 fully saturated rings. The van der Waals surface area contributed by atoms with Gasteiger partial charge in [0, 0.05) is 34.6 Å². The minimum absolute atomic E-state index is 0.404. The number of nitrogens with one attached hydrogen (secondary N) is 2. The van der Waals surface area contributed by atoms with Gasteiger partial charge >= 0.3 is 0 Å². The minimum atomic E-state index is 0.404. The first-order valence-corrected chi connectivity index (χ1v) is 10.3. The molecule has 0 unspecified atom stereocenters. The Morgan fingerprint density at radius 2 is 1.17 bits per heavy atom. The Bertz CT molecular complexity index is 1080. The van der Waals surface area contributed by atoms with E-state index >= 15 is 0 Å². The van der Waals surface area contributed by atoms with E-state index in [1.165, 1.54) is 0 Å². The molecule has 0 saturated heterocycles. The molecule has 2 heterocycles. The zero-order valence-electron chi connectivity index (χ0n) is 15.8. The lowest BCUT2D eigenvalue weighted by Gasteiger charge is -2.07. The fraction of sp³-hybridized carbons (Fsp3) is 0.0952. The summed E-state index contributed by atoms with van der Waals surface area (Å²) in [4.78, 5) is 0. The number of halogens is 2. The van der Waals surface area contributed by atoms with Crippen LogP contribution in [0.15, 0.2) is 73.1 Å². The summed E-state index contributed by atoms with van der Waals surface area (Å²) in [5.74, 6) is 1.27. The van der Waals surface area contributed by atoms with E-state index in [-0.39, 0.29) is 0 Å². The summed E-state index contributed by atoms with van der Waals surface area (Å²) in [5.41, 5.74) is 2.00. The Morgan fingerprint density at radius 3 is 1.60 bits per heavy atom. The average molecular weight is 457 g/mol. The van der Waals surface area contributed by atoms with Gasteiger partial charge in [-0.05, 0) is 35.5 Å². The van der Waals surface area contributed by atoms with Gasteiger partial charge in [0.25, 0.3) is 0 Å². The number of nitrogens with zero attached hydrogens (tertiary/aromatic N) is 4. The van der Waals surface area contributed by atoms with Gasteiger partial charge < -0.3 is 10.6 Å². The number of hydrogen-bond acceptors (Lipinski definition) is 3. The van der Waals surface area contributed by atoms with Crippen molar-refractivity contribution in [3.63, 3.8) is 0 Å². The molecule has 0 aliphatic carbocycles. The summed E-state index contributed by atoms with van der Waals surface area (Å²) >= 11 is 17.8. The highest BCUT2D eigenvalue weighted by atomic mass is 35.5. The lowest BCUT2D eigenvalue weighted by Crippen LogP contribution is -2.20. The molecule has 4 rings (SSSR count). The predicted molar refractivity (Wildman–Crippen MR) is 125 cm³/mol. The van der Waals surface area contributed by atoms with Crippen molar-refractivity contribution < 1.29 is 0 Å². The van der Waals surface area contributed by atoms with Crippen molar-refractivity contribution in [3.8, 4) is 0 Å². The van der Waals surface area contributed by atoms with Crippen molar-refractivity contribution in [1.82, 2.24) is 19.6 Å². The van der Waals surface area contributed by atoms with Gasteiger partial charge in [0.15, 0.2) is 16.7 Å². The molecule has 4 aromatic rings. The quantitative estimate of drug-likeness (QED) is 0.385. The maximum absolute atomic E-state index is 6.21. The van der Waals surface area contributed by atoms with Crippen LogP contribution < -0.4 is 10.6 Å². The molecule has 0 saturated carbocycles. The fourth-order valence-corrected chi connectivity index (χ4v) is 3.50. The lowest BCUT2D eigenvalue weighted by molar-refractivity contribution is 0.689. The van der Waals surface area contributed by atoms with Crippen LogP contribution in [0, 0.1) is 0 Å². The van der Waals surface area contributed by atoms with Crippen molar-refractivity contribution >= 4 is 52.2 Å². The molecule has 6 nitrogen and oxygen atoms in total. The van der Waals surface area contributed by atoms with Gasteiger partial charge in [-0.1, -0.05) is 59.6 Å². The molecule has 0 spiro atoms. The van der Waals surface area contributed by atoms with Crippen LogP contribution in [0.3, 0.4) is 0 Å². The van der Waals surface area contributed by atoms with Crippen LogP contribution in [-0.2, 0) is 13.1 Å². The SMILES string of the molecule is S=C(Nc1ccn(Cc2ccccc2Cl)n1)Nc1ccn(Cc2ccccc2Cl)n1. The van der Waals surface area contributed by atoms with Crippen molar-refractivity contribution in [2.75, 3.05) is 10.6 Å². The largest absolute Gasteiger partial charge is 0.316 e. The molecule has 0 amide bonds. The number of hydrogen-bond donors (Lipinski definition) is 2. The topological polar surface area (TPSA) is 59.7 Å². The van der Waals surface area contributed by atoms with Crippen LogP contribution in [0.2, 0.25) is 10.0 Å². The van der Waals surface area contributed by atoms with Gasteiger partial charge in [-0.25, -0.2) is 0 Å². The standard InChI is InChI=1S/C21H18Cl2N6S/c22-17-7-3-1-5-15(17)13-28-11-9-19(26-28)24-21(30)25-20-10-12-29(27-20)14-16-6-2-4-8-18(16)23/h1-12H,13-14H2,(H2,24,25,26,27,30). The fourth-order valence-electron chi connectivity index (χ4n) is 2.90. The second-order valence-electron chi connectivity index (χ2n) is 6.56. The summed E-state index contributed by atoms with van der Waals surface area (Å²) in [5, 5.41) is 16.9. The zero-order valence-corrected chi connectivity index (χ0v) is 18.1. The van der Waals surface area contributed by atoms with Gasteiger partial charge in [0.1, 0.15) is 0 Å². The minimum Gasteiger partial charge on any atom is -0.316 e. The monoisotopic (exact) mass is 456 g/mol. The molecule has 2 aromatic carbocycles. The zero-order chi connectivity index (χ0) is 20.9. The number of thiocarbonyl (C=S) groups is 1. The summed E-state index contributed by atoms with van der Waals surface area (Å²) < 4.78 is 3.59. The number of benzene rings is 2. The normalized spacial score (nSPS) is 10.7. The molecule has 30 heavy (non-hydrogen) atoms. The second-order valence-corrected chi connectivity index (χ2v) is 7.78. The van der Waals surface area contributed by atoms with Crippen molar-refractivity contribution in [2.24, 2.45) is 0 Å². The molecular formula is C21H18Cl2N6S. The molecule has 9 heteroatoms. The van der Waals surface area contributed by atoms with E-state index in [0.29, 0.717) is 39.9 Å². The van der Waals surface area contributed by atoms with E-state index in [1.807, 2.05) is 73.1 Å². The molecule has 0 bridgehead atoms. The van der Waals surface area contributed by atoms with Gasteiger partial charge in [0.05, 0.1) is 13.1 Å². The van der Waals surface area contributed by atoms with Crippen LogP contribution in [0.5, 0.6) is 0 Å². The van der Waals surface area contributed by atoms with Gasteiger partial charge in [-0.3, -0.25) is 9.36 Å². The molecule has 0 atom stereocenters. The number of aromatic nitrogens is 4. The molecule has 0 radical (unpaired) electrons. The van der Waals surface area contributed by atoms with E-state index in [9.17, 15) is 0 Å². The van der Waals surface area contributed by atoms with Crippen LogP contribution in [0.1, 0.15) is 11.1 Å². The number of rotatable bonds is 6. The first kappa shape index (κ1) is 20.4. The summed E-state index contributed by atoms with van der Waals surface area (Å²) in [6.45, 7) is 1.15. The Labute approximate surface area is 189 Å². The Morgan fingerprint density at radius 1 is 0.733 bits per heavy atom. The average Bonchev–Trinajstić information content (AvgIpc) is 3.35. The predicted octanol–water partition coefficient (Wildman–Crippen LogP) is 5.29.